The van der Waals surface area contributed by atoms with Crippen LogP contribution >= 0.6 is 0 Å². The van der Waals surface area contributed by atoms with E-state index < -0.39 is 0 Å². The van der Waals surface area contributed by atoms with E-state index in [0.717, 1.165) is 31.7 Å². The maximum Gasteiger partial charge on any atom is 0.119 e. The van der Waals surface area contributed by atoms with Crippen molar-refractivity contribution in [2.75, 3.05) is 19.8 Å². The Bertz CT molecular complexity index is 272. The molecule has 0 bridgehead atoms. The van der Waals surface area contributed by atoms with E-state index in [0.29, 0.717) is 13.2 Å². The second-order valence-corrected chi connectivity index (χ2v) is 3.79. The van der Waals surface area contributed by atoms with Crippen LogP contribution < -0.4 is 10.1 Å². The first-order valence-corrected chi connectivity index (χ1v) is 6.01. The Hall–Kier alpha value is -1.06. The SMILES string of the molecule is CCOc1ccc(C[NH2+]CCCCO)cc1. The zero-order chi connectivity index (χ0) is 11.6. The number of hydrogen-bond donors (Lipinski definition) is 2. The molecule has 0 saturated carbocycles. The fourth-order valence-electron chi connectivity index (χ4n) is 1.56. The van der Waals surface area contributed by atoms with Gasteiger partial charge in [0.05, 0.1) is 13.2 Å². The summed E-state index contributed by atoms with van der Waals surface area (Å²) >= 11 is 0. The highest BCUT2D eigenvalue weighted by atomic mass is 16.5. The highest BCUT2D eigenvalue weighted by Gasteiger charge is 1.97. The van der Waals surface area contributed by atoms with Gasteiger partial charge in [-0.15, -0.1) is 0 Å². The molecular weight excluding hydrogens is 202 g/mol. The van der Waals surface area contributed by atoms with E-state index in [1.165, 1.54) is 5.56 Å². The smallest absolute Gasteiger partial charge is 0.119 e. The molecule has 3 nitrogen and oxygen atoms in total. The third-order valence-electron chi connectivity index (χ3n) is 2.43. The van der Waals surface area contributed by atoms with Crippen LogP contribution in [-0.2, 0) is 6.54 Å². The summed E-state index contributed by atoms with van der Waals surface area (Å²) in [5, 5.41) is 10.9. The van der Waals surface area contributed by atoms with E-state index in [2.05, 4.69) is 17.4 Å². The van der Waals surface area contributed by atoms with E-state index in [1.54, 1.807) is 0 Å². The molecule has 3 N–H and O–H groups in total. The van der Waals surface area contributed by atoms with Gasteiger partial charge >= 0.3 is 0 Å². The van der Waals surface area contributed by atoms with Crippen molar-refractivity contribution in [1.82, 2.24) is 0 Å². The molecule has 0 unspecified atom stereocenters. The molecule has 0 atom stereocenters. The van der Waals surface area contributed by atoms with Crippen LogP contribution in [0.4, 0.5) is 0 Å². The number of unbranched alkanes of at least 4 members (excludes halogenated alkanes) is 1. The number of benzene rings is 1. The first-order chi connectivity index (χ1) is 7.86. The molecule has 0 aliphatic carbocycles. The Morgan fingerprint density at radius 2 is 1.94 bits per heavy atom. The average Bonchev–Trinajstić information content (AvgIpc) is 2.31. The van der Waals surface area contributed by atoms with E-state index >= 15 is 0 Å². The highest BCUT2D eigenvalue weighted by molar-refractivity contribution is 5.26. The minimum Gasteiger partial charge on any atom is -0.494 e. The molecule has 0 spiro atoms. The molecule has 16 heavy (non-hydrogen) atoms. The maximum absolute atomic E-state index is 8.64. The van der Waals surface area contributed by atoms with Gasteiger partial charge < -0.3 is 15.2 Å². The summed E-state index contributed by atoms with van der Waals surface area (Å²) in [6.07, 6.45) is 1.98. The second-order valence-electron chi connectivity index (χ2n) is 3.79. The van der Waals surface area contributed by atoms with E-state index in [1.807, 2.05) is 19.1 Å². The Balaban J connectivity index is 2.21. The maximum atomic E-state index is 8.64. The van der Waals surface area contributed by atoms with Crippen molar-refractivity contribution < 1.29 is 15.2 Å². The lowest BCUT2D eigenvalue weighted by atomic mass is 10.2. The van der Waals surface area contributed by atoms with Crippen LogP contribution in [0, 0.1) is 0 Å². The van der Waals surface area contributed by atoms with Crippen LogP contribution in [0.1, 0.15) is 25.3 Å². The lowest BCUT2D eigenvalue weighted by molar-refractivity contribution is -0.671. The van der Waals surface area contributed by atoms with Crippen LogP contribution in [0.25, 0.3) is 0 Å². The lowest BCUT2D eigenvalue weighted by Gasteiger charge is -2.04. The minimum atomic E-state index is 0.302. The van der Waals surface area contributed by atoms with Crippen molar-refractivity contribution in [2.24, 2.45) is 0 Å². The van der Waals surface area contributed by atoms with Gasteiger partial charge in [0, 0.05) is 12.2 Å². The highest BCUT2D eigenvalue weighted by Crippen LogP contribution is 2.10. The number of nitrogens with two attached hydrogens (primary N) is 1. The first-order valence-electron chi connectivity index (χ1n) is 6.01. The average molecular weight is 224 g/mol. The van der Waals surface area contributed by atoms with Crippen LogP contribution in [0.3, 0.4) is 0 Å². The zero-order valence-corrected chi connectivity index (χ0v) is 9.98. The normalized spacial score (nSPS) is 10.4. The molecular formula is C13H22NO2+. The van der Waals surface area contributed by atoms with Crippen molar-refractivity contribution in [1.29, 1.82) is 0 Å². The van der Waals surface area contributed by atoms with Gasteiger partial charge in [-0.3, -0.25) is 0 Å². The summed E-state index contributed by atoms with van der Waals surface area (Å²) in [6, 6.07) is 8.24. The fourth-order valence-corrected chi connectivity index (χ4v) is 1.56. The molecule has 1 aromatic rings. The van der Waals surface area contributed by atoms with Gasteiger partial charge in [0.25, 0.3) is 0 Å². The third kappa shape index (κ3) is 5.14. The van der Waals surface area contributed by atoms with Crippen LogP contribution in [0.5, 0.6) is 5.75 Å². The summed E-state index contributed by atoms with van der Waals surface area (Å²) in [4.78, 5) is 0. The fraction of sp³-hybridized carbons (Fsp3) is 0.538. The monoisotopic (exact) mass is 224 g/mol. The van der Waals surface area contributed by atoms with Crippen molar-refractivity contribution >= 4 is 0 Å². The molecule has 0 aromatic heterocycles. The van der Waals surface area contributed by atoms with Crippen molar-refractivity contribution in [3.8, 4) is 5.75 Å². The van der Waals surface area contributed by atoms with Crippen LogP contribution in [0.2, 0.25) is 0 Å². The molecule has 1 rings (SSSR count). The van der Waals surface area contributed by atoms with Gasteiger partial charge in [-0.25, -0.2) is 0 Å². The van der Waals surface area contributed by atoms with Crippen LogP contribution in [-0.4, -0.2) is 24.9 Å². The van der Waals surface area contributed by atoms with E-state index in [-0.39, 0.29) is 0 Å². The largest absolute Gasteiger partial charge is 0.494 e. The summed E-state index contributed by atoms with van der Waals surface area (Å²) in [6.45, 7) is 5.08. The zero-order valence-electron chi connectivity index (χ0n) is 9.98. The number of aliphatic hydroxyl groups is 1. The molecule has 0 amide bonds. The topological polar surface area (TPSA) is 46.1 Å². The van der Waals surface area contributed by atoms with Crippen molar-refractivity contribution in [3.63, 3.8) is 0 Å². The second kappa shape index (κ2) is 8.13. The standard InChI is InChI=1S/C13H21NO2/c1-2-16-13-7-5-12(6-8-13)11-14-9-3-4-10-15/h5-8,14-15H,2-4,9-11H2,1H3/p+1. The van der Waals surface area contributed by atoms with Crippen molar-refractivity contribution in [2.45, 2.75) is 26.3 Å². The number of hydrogen-bond acceptors (Lipinski definition) is 2. The van der Waals surface area contributed by atoms with Gasteiger partial charge in [0.15, 0.2) is 0 Å². The Morgan fingerprint density at radius 1 is 1.19 bits per heavy atom. The van der Waals surface area contributed by atoms with Crippen molar-refractivity contribution in [3.05, 3.63) is 29.8 Å². The molecule has 0 saturated heterocycles. The molecule has 0 heterocycles. The summed E-state index contributed by atoms with van der Waals surface area (Å²) in [7, 11) is 0. The Labute approximate surface area is 97.4 Å². The quantitative estimate of drug-likeness (QED) is 0.645. The Morgan fingerprint density at radius 3 is 2.56 bits per heavy atom. The van der Waals surface area contributed by atoms with Gasteiger partial charge in [0.2, 0.25) is 0 Å². The van der Waals surface area contributed by atoms with Gasteiger partial charge in [-0.05, 0) is 44.0 Å². The van der Waals surface area contributed by atoms with E-state index in [9.17, 15) is 0 Å². The van der Waals surface area contributed by atoms with Gasteiger partial charge in [-0.2, -0.15) is 0 Å². The molecule has 90 valence electrons. The Kier molecular flexibility index (Phi) is 6.61. The van der Waals surface area contributed by atoms with Crippen LogP contribution in [0.15, 0.2) is 24.3 Å². The summed E-state index contributed by atoms with van der Waals surface area (Å²) < 4.78 is 5.38. The lowest BCUT2D eigenvalue weighted by Crippen LogP contribution is -2.82. The number of rotatable bonds is 8. The number of quaternary nitrogens is 1. The molecule has 0 aliphatic rings. The summed E-state index contributed by atoms with van der Waals surface area (Å²) in [5.74, 6) is 0.937. The van der Waals surface area contributed by atoms with Gasteiger partial charge in [-0.1, -0.05) is 0 Å². The predicted molar refractivity (Wildman–Crippen MR) is 64.4 cm³/mol. The molecule has 1 aromatic carbocycles. The first kappa shape index (κ1) is 13.0. The summed E-state index contributed by atoms with van der Waals surface area (Å²) in [5.41, 5.74) is 1.31. The number of aliphatic hydroxyl groups excluding tert-OH is 1. The van der Waals surface area contributed by atoms with E-state index in [4.69, 9.17) is 9.84 Å². The molecule has 0 fully saturated rings. The third-order valence-corrected chi connectivity index (χ3v) is 2.43. The molecule has 0 radical (unpaired) electrons. The van der Waals surface area contributed by atoms with Gasteiger partial charge in [0.1, 0.15) is 12.3 Å². The minimum absolute atomic E-state index is 0.302. The number of ether oxygens (including phenoxy) is 1. The predicted octanol–water partition coefficient (Wildman–Crippen LogP) is 0.921. The molecule has 0 aliphatic heterocycles. The molecule has 3 heteroatoms.